The predicted molar refractivity (Wildman–Crippen MR) is 79.9 cm³/mol. The Kier molecular flexibility index (Phi) is 4.18. The Morgan fingerprint density at radius 1 is 1.19 bits per heavy atom. The van der Waals surface area contributed by atoms with E-state index in [0.717, 1.165) is 5.69 Å². The Labute approximate surface area is 122 Å². The number of aromatic nitrogens is 1. The minimum Gasteiger partial charge on any atom is -0.478 e. The maximum absolute atomic E-state index is 12.2. The largest absolute Gasteiger partial charge is 0.478 e. The molecule has 6 heteroatoms. The van der Waals surface area contributed by atoms with Gasteiger partial charge in [0, 0.05) is 31.5 Å². The van der Waals surface area contributed by atoms with Crippen LogP contribution in [0, 0.1) is 0 Å². The lowest BCUT2D eigenvalue weighted by molar-refractivity contribution is 0.0697. The van der Waals surface area contributed by atoms with Gasteiger partial charge in [-0.25, -0.2) is 9.78 Å². The van der Waals surface area contributed by atoms with Gasteiger partial charge in [0.05, 0.1) is 0 Å². The van der Waals surface area contributed by atoms with Crippen molar-refractivity contribution < 1.29 is 14.7 Å². The Balaban J connectivity index is 2.26. The van der Waals surface area contributed by atoms with Crippen molar-refractivity contribution in [3.8, 4) is 0 Å². The lowest BCUT2D eigenvalue weighted by Gasteiger charge is -2.13. The molecular weight excluding hydrogens is 270 g/mol. The number of hydrogen-bond donors (Lipinski definition) is 2. The highest BCUT2D eigenvalue weighted by Gasteiger charge is 2.14. The zero-order valence-electron chi connectivity index (χ0n) is 11.7. The molecule has 2 aromatic rings. The molecule has 0 bridgehead atoms. The SMILES string of the molecule is CN(C)c1cccc(C(=O)Nc2ncccc2C(=O)O)c1. The van der Waals surface area contributed by atoms with Crippen LogP contribution in [0.4, 0.5) is 11.5 Å². The van der Waals surface area contributed by atoms with Crippen LogP contribution in [0.2, 0.25) is 0 Å². The average Bonchev–Trinajstić information content (AvgIpc) is 2.47. The zero-order chi connectivity index (χ0) is 15.4. The summed E-state index contributed by atoms with van der Waals surface area (Å²) in [6.45, 7) is 0. The van der Waals surface area contributed by atoms with Gasteiger partial charge in [0.15, 0.2) is 0 Å². The molecule has 6 nitrogen and oxygen atoms in total. The summed E-state index contributed by atoms with van der Waals surface area (Å²) in [4.78, 5) is 29.1. The van der Waals surface area contributed by atoms with Crippen LogP contribution in [0.25, 0.3) is 0 Å². The van der Waals surface area contributed by atoms with E-state index in [-0.39, 0.29) is 11.4 Å². The molecule has 0 radical (unpaired) electrons. The van der Waals surface area contributed by atoms with Gasteiger partial charge in [-0.1, -0.05) is 6.07 Å². The molecule has 0 saturated heterocycles. The highest BCUT2D eigenvalue weighted by Crippen LogP contribution is 2.16. The number of carbonyl (C=O) groups is 2. The smallest absolute Gasteiger partial charge is 0.339 e. The third-order valence-electron chi connectivity index (χ3n) is 2.89. The zero-order valence-corrected chi connectivity index (χ0v) is 11.7. The van der Waals surface area contributed by atoms with E-state index < -0.39 is 11.9 Å². The highest BCUT2D eigenvalue weighted by atomic mass is 16.4. The monoisotopic (exact) mass is 285 g/mol. The number of aromatic carboxylic acids is 1. The van der Waals surface area contributed by atoms with Crippen LogP contribution < -0.4 is 10.2 Å². The van der Waals surface area contributed by atoms with Crippen LogP contribution in [0.5, 0.6) is 0 Å². The van der Waals surface area contributed by atoms with E-state index in [4.69, 9.17) is 5.11 Å². The van der Waals surface area contributed by atoms with E-state index >= 15 is 0 Å². The minimum atomic E-state index is -1.14. The summed E-state index contributed by atoms with van der Waals surface area (Å²) in [5.74, 6) is -1.51. The molecule has 0 fully saturated rings. The quantitative estimate of drug-likeness (QED) is 0.899. The second kappa shape index (κ2) is 6.04. The molecule has 0 aliphatic carbocycles. The van der Waals surface area contributed by atoms with Gasteiger partial charge < -0.3 is 15.3 Å². The average molecular weight is 285 g/mol. The van der Waals surface area contributed by atoms with Crippen molar-refractivity contribution >= 4 is 23.4 Å². The molecule has 1 aromatic heterocycles. The second-order valence-electron chi connectivity index (χ2n) is 4.60. The summed E-state index contributed by atoms with van der Waals surface area (Å²) >= 11 is 0. The molecule has 0 atom stereocenters. The van der Waals surface area contributed by atoms with Crippen molar-refractivity contribution in [2.24, 2.45) is 0 Å². The van der Waals surface area contributed by atoms with Crippen molar-refractivity contribution in [1.29, 1.82) is 0 Å². The van der Waals surface area contributed by atoms with Crippen molar-refractivity contribution in [2.75, 3.05) is 24.3 Å². The Hall–Kier alpha value is -2.89. The summed E-state index contributed by atoms with van der Waals surface area (Å²) in [7, 11) is 3.75. The molecule has 0 unspecified atom stereocenters. The molecule has 108 valence electrons. The first-order chi connectivity index (χ1) is 9.99. The number of carboxylic acids is 1. The molecule has 2 N–H and O–H groups in total. The van der Waals surface area contributed by atoms with Crippen molar-refractivity contribution in [1.82, 2.24) is 4.98 Å². The summed E-state index contributed by atoms with van der Waals surface area (Å²) in [6, 6.07) is 9.92. The lowest BCUT2D eigenvalue weighted by Crippen LogP contribution is -2.17. The number of nitrogens with zero attached hydrogens (tertiary/aromatic N) is 2. The van der Waals surface area contributed by atoms with Crippen LogP contribution in [0.3, 0.4) is 0 Å². The number of anilines is 2. The fraction of sp³-hybridized carbons (Fsp3) is 0.133. The molecule has 21 heavy (non-hydrogen) atoms. The van der Waals surface area contributed by atoms with E-state index in [9.17, 15) is 9.59 Å². The van der Waals surface area contributed by atoms with Gasteiger partial charge in [-0.2, -0.15) is 0 Å². The number of carboxylic acid groups (broad SMARTS) is 1. The number of nitrogens with one attached hydrogen (secondary N) is 1. The molecule has 0 aliphatic heterocycles. The van der Waals surface area contributed by atoms with E-state index in [1.807, 2.05) is 25.1 Å². The maximum Gasteiger partial charge on any atom is 0.339 e. The van der Waals surface area contributed by atoms with Crippen LogP contribution in [0.1, 0.15) is 20.7 Å². The normalized spacial score (nSPS) is 10.0. The topological polar surface area (TPSA) is 82.5 Å². The Morgan fingerprint density at radius 3 is 2.62 bits per heavy atom. The number of amides is 1. The van der Waals surface area contributed by atoms with Crippen LogP contribution in [-0.2, 0) is 0 Å². The van der Waals surface area contributed by atoms with Gasteiger partial charge in [0.2, 0.25) is 0 Å². The highest BCUT2D eigenvalue weighted by molar-refractivity contribution is 6.07. The summed E-state index contributed by atoms with van der Waals surface area (Å²) < 4.78 is 0. The van der Waals surface area contributed by atoms with Gasteiger partial charge in [-0.05, 0) is 30.3 Å². The maximum atomic E-state index is 12.2. The summed E-state index contributed by atoms with van der Waals surface area (Å²) in [5.41, 5.74) is 1.26. The van der Waals surface area contributed by atoms with Gasteiger partial charge in [0.1, 0.15) is 11.4 Å². The van der Waals surface area contributed by atoms with E-state index in [1.165, 1.54) is 18.3 Å². The fourth-order valence-corrected chi connectivity index (χ4v) is 1.78. The van der Waals surface area contributed by atoms with Gasteiger partial charge in [-0.15, -0.1) is 0 Å². The molecule has 0 aliphatic rings. The number of carbonyl (C=O) groups excluding carboxylic acids is 1. The van der Waals surface area contributed by atoms with E-state index in [1.54, 1.807) is 18.2 Å². The number of pyridine rings is 1. The number of rotatable bonds is 4. The molecule has 0 saturated carbocycles. The van der Waals surface area contributed by atoms with Crippen molar-refractivity contribution in [2.45, 2.75) is 0 Å². The van der Waals surface area contributed by atoms with Crippen LogP contribution in [0.15, 0.2) is 42.6 Å². The lowest BCUT2D eigenvalue weighted by atomic mass is 10.1. The van der Waals surface area contributed by atoms with Crippen LogP contribution >= 0.6 is 0 Å². The van der Waals surface area contributed by atoms with Crippen LogP contribution in [-0.4, -0.2) is 36.1 Å². The van der Waals surface area contributed by atoms with Gasteiger partial charge in [0.25, 0.3) is 5.91 Å². The summed E-state index contributed by atoms with van der Waals surface area (Å²) in [5, 5.41) is 11.6. The Morgan fingerprint density at radius 2 is 1.95 bits per heavy atom. The third-order valence-corrected chi connectivity index (χ3v) is 2.89. The summed E-state index contributed by atoms with van der Waals surface area (Å²) in [6.07, 6.45) is 1.43. The number of hydrogen-bond acceptors (Lipinski definition) is 4. The fourth-order valence-electron chi connectivity index (χ4n) is 1.78. The third kappa shape index (κ3) is 3.36. The standard InChI is InChI=1S/C15H15N3O3/c1-18(2)11-6-3-5-10(9-11)14(19)17-13-12(15(20)21)7-4-8-16-13/h3-9H,1-2H3,(H,20,21)(H,16,17,19). The van der Waals surface area contributed by atoms with Gasteiger partial charge in [-0.3, -0.25) is 4.79 Å². The minimum absolute atomic E-state index is 0.0326. The first kappa shape index (κ1) is 14.5. The molecule has 1 heterocycles. The van der Waals surface area contributed by atoms with Gasteiger partial charge >= 0.3 is 5.97 Å². The molecular formula is C15H15N3O3. The van der Waals surface area contributed by atoms with E-state index in [0.29, 0.717) is 5.56 Å². The van der Waals surface area contributed by atoms with Crippen molar-refractivity contribution in [3.63, 3.8) is 0 Å². The molecule has 1 aromatic carbocycles. The molecule has 0 spiro atoms. The number of benzene rings is 1. The first-order valence-electron chi connectivity index (χ1n) is 6.26. The van der Waals surface area contributed by atoms with Crippen molar-refractivity contribution in [3.05, 3.63) is 53.7 Å². The first-order valence-corrected chi connectivity index (χ1v) is 6.26. The molecule has 2 rings (SSSR count). The predicted octanol–water partition coefficient (Wildman–Crippen LogP) is 2.10. The second-order valence-corrected chi connectivity index (χ2v) is 4.60. The van der Waals surface area contributed by atoms with E-state index in [2.05, 4.69) is 10.3 Å². The molecule has 1 amide bonds. The Bertz CT molecular complexity index is 683.